The molecule has 16 nitrogen and oxygen atoms in total. The Balaban J connectivity index is 1.29. The Hall–Kier alpha value is -4.39. The minimum absolute atomic E-state index is 0.0161. The molecule has 1 unspecified atom stereocenters. The predicted molar refractivity (Wildman–Crippen MR) is 161 cm³/mol. The fraction of sp³-hybridized carbons (Fsp3) is 0.407. The van der Waals surface area contributed by atoms with Gasteiger partial charge in [-0.1, -0.05) is 5.16 Å². The molecular formula is C27H30N6O10S2. The van der Waals surface area contributed by atoms with Gasteiger partial charge in [-0.05, 0) is 62.8 Å². The zero-order chi connectivity index (χ0) is 32.5. The van der Waals surface area contributed by atoms with Crippen molar-refractivity contribution in [2.75, 3.05) is 17.7 Å². The molecule has 2 atom stereocenters. The number of anilines is 2. The third kappa shape index (κ3) is 7.14. The standard InChI is InChI=1S/C27H30N6O10S2/c1-27(2)18(24(35)33(27)43-45(38,39)40)11-20(34)22(19-13-44-26(28)31-19)32-42-21(25(36)37)12-41-16-6-7-17-14(10-16)8-9-29-23(17)30-15-4-3-5-15/h6-10,13,15,18,21H,3-5,11-12H2,1-2H3,(H2,28,31)(H,29,30)(H,36,37)(H,38,39,40)/b32-22-/t18?,21-/m0/s1. The number of nitrogens with zero attached hydrogens (tertiary/aromatic N) is 4. The van der Waals surface area contributed by atoms with Crippen molar-refractivity contribution < 1.29 is 46.3 Å². The van der Waals surface area contributed by atoms with E-state index in [1.54, 1.807) is 18.3 Å². The van der Waals surface area contributed by atoms with Crippen LogP contribution >= 0.6 is 11.3 Å². The van der Waals surface area contributed by atoms with E-state index in [1.165, 1.54) is 25.6 Å². The van der Waals surface area contributed by atoms with Crippen molar-refractivity contribution in [3.05, 3.63) is 41.5 Å². The number of benzene rings is 1. The second-order valence-electron chi connectivity index (χ2n) is 11.0. The molecule has 1 amide bonds. The van der Waals surface area contributed by atoms with Gasteiger partial charge < -0.3 is 25.7 Å². The van der Waals surface area contributed by atoms with Crippen LogP contribution in [0.1, 0.15) is 45.2 Å². The number of ketones is 1. The molecule has 1 aromatic carbocycles. The molecule has 240 valence electrons. The maximum absolute atomic E-state index is 13.3. The molecular weight excluding hydrogens is 632 g/mol. The number of hydrogen-bond donors (Lipinski definition) is 4. The van der Waals surface area contributed by atoms with Crippen LogP contribution in [-0.2, 0) is 33.9 Å². The van der Waals surface area contributed by atoms with Gasteiger partial charge in [-0.25, -0.2) is 14.8 Å². The molecule has 2 fully saturated rings. The molecule has 0 spiro atoms. The molecule has 3 heterocycles. The quantitative estimate of drug-likeness (QED) is 0.0840. The topological polar surface area (TPSA) is 233 Å². The molecule has 1 saturated carbocycles. The van der Waals surface area contributed by atoms with Gasteiger partial charge in [-0.3, -0.25) is 14.1 Å². The first-order chi connectivity index (χ1) is 21.2. The van der Waals surface area contributed by atoms with Crippen LogP contribution in [0.3, 0.4) is 0 Å². The second kappa shape index (κ2) is 12.5. The van der Waals surface area contributed by atoms with Crippen molar-refractivity contribution in [3.8, 4) is 5.75 Å². The number of aliphatic carboxylic acids is 1. The van der Waals surface area contributed by atoms with E-state index >= 15 is 0 Å². The molecule has 0 bridgehead atoms. The van der Waals surface area contributed by atoms with Crippen molar-refractivity contribution >= 4 is 66.8 Å². The number of nitrogens with one attached hydrogen (secondary N) is 1. The highest BCUT2D eigenvalue weighted by atomic mass is 32.3. The smallest absolute Gasteiger partial charge is 0.418 e. The number of fused-ring (bicyclic) bond motifs is 1. The average Bonchev–Trinajstić information content (AvgIpc) is 3.38. The minimum atomic E-state index is -4.98. The SMILES string of the molecule is CC1(C)C(CC(=O)/C(=N\O[C@@H](COc2ccc3c(NC4CCC4)nccc3c2)C(=O)O)c2csc(N)n2)C(=O)N1OS(=O)(=O)O. The van der Waals surface area contributed by atoms with Crippen LogP contribution in [-0.4, -0.2) is 80.8 Å². The van der Waals surface area contributed by atoms with E-state index in [-0.39, 0.29) is 10.8 Å². The molecule has 2 aromatic heterocycles. The Kier molecular flexibility index (Phi) is 8.92. The fourth-order valence-corrected chi connectivity index (χ4v) is 5.83. The van der Waals surface area contributed by atoms with E-state index in [9.17, 15) is 27.9 Å². The van der Waals surface area contributed by atoms with Crippen molar-refractivity contribution in [1.82, 2.24) is 15.0 Å². The zero-order valence-electron chi connectivity index (χ0n) is 24.1. The Morgan fingerprint density at radius 2 is 2.04 bits per heavy atom. The average molecular weight is 663 g/mol. The van der Waals surface area contributed by atoms with Gasteiger partial charge in [0.15, 0.2) is 16.6 Å². The summed E-state index contributed by atoms with van der Waals surface area (Å²) in [5.41, 5.74) is 3.99. The Labute approximate surface area is 261 Å². The van der Waals surface area contributed by atoms with E-state index in [2.05, 4.69) is 24.7 Å². The zero-order valence-corrected chi connectivity index (χ0v) is 25.7. The summed E-state index contributed by atoms with van der Waals surface area (Å²) in [6.07, 6.45) is 2.89. The highest BCUT2D eigenvalue weighted by molar-refractivity contribution is 7.80. The lowest BCUT2D eigenvalue weighted by molar-refractivity contribution is -0.228. The Morgan fingerprint density at radius 3 is 2.64 bits per heavy atom. The molecule has 45 heavy (non-hydrogen) atoms. The van der Waals surface area contributed by atoms with Crippen LogP contribution in [0.2, 0.25) is 0 Å². The van der Waals surface area contributed by atoms with Gasteiger partial charge in [0.25, 0.3) is 12.0 Å². The van der Waals surface area contributed by atoms with Gasteiger partial charge >= 0.3 is 16.4 Å². The number of ether oxygens (including phenoxy) is 1. The van der Waals surface area contributed by atoms with Gasteiger partial charge in [0.05, 0.1) is 11.5 Å². The van der Waals surface area contributed by atoms with Crippen molar-refractivity contribution in [3.63, 3.8) is 0 Å². The van der Waals surface area contributed by atoms with Crippen molar-refractivity contribution in [2.45, 2.75) is 57.2 Å². The monoisotopic (exact) mass is 662 g/mol. The summed E-state index contributed by atoms with van der Waals surface area (Å²) in [7, 11) is -4.98. The number of carbonyl (C=O) groups is 3. The van der Waals surface area contributed by atoms with Crippen molar-refractivity contribution in [2.24, 2.45) is 11.1 Å². The molecule has 1 aliphatic carbocycles. The summed E-state index contributed by atoms with van der Waals surface area (Å²) in [5.74, 6) is -3.01. The second-order valence-corrected chi connectivity index (χ2v) is 12.9. The summed E-state index contributed by atoms with van der Waals surface area (Å²) in [6, 6.07) is 7.44. The third-order valence-electron chi connectivity index (χ3n) is 7.59. The molecule has 1 aliphatic heterocycles. The van der Waals surface area contributed by atoms with Gasteiger partial charge in [-0.15, -0.1) is 15.6 Å². The van der Waals surface area contributed by atoms with Crippen LogP contribution < -0.4 is 15.8 Å². The number of carbonyl (C=O) groups excluding carboxylic acids is 2. The molecule has 18 heteroatoms. The highest BCUT2D eigenvalue weighted by Crippen LogP contribution is 2.40. The van der Waals surface area contributed by atoms with Gasteiger partial charge in [-0.2, -0.15) is 13.5 Å². The third-order valence-corrected chi connectivity index (χ3v) is 8.60. The molecule has 0 radical (unpaired) electrons. The first kappa shape index (κ1) is 32.0. The summed E-state index contributed by atoms with van der Waals surface area (Å²) in [5, 5.41) is 20.7. The maximum Gasteiger partial charge on any atom is 0.418 e. The van der Waals surface area contributed by atoms with Crippen LogP contribution in [0.4, 0.5) is 10.9 Å². The number of Topliss-reactive ketones (excluding diaryl/α,β-unsaturated/α-hetero) is 1. The van der Waals surface area contributed by atoms with Crippen LogP contribution in [0, 0.1) is 5.92 Å². The highest BCUT2D eigenvalue weighted by Gasteiger charge is 2.57. The number of carboxylic acid groups (broad SMARTS) is 1. The number of hydroxylamine groups is 2. The fourth-order valence-electron chi connectivity index (χ4n) is 4.83. The summed E-state index contributed by atoms with van der Waals surface area (Å²) in [6.45, 7) is 2.39. The van der Waals surface area contributed by atoms with E-state index in [0.29, 0.717) is 16.9 Å². The number of nitrogen functional groups attached to an aromatic ring is 1. The number of hydrogen-bond acceptors (Lipinski definition) is 14. The summed E-state index contributed by atoms with van der Waals surface area (Å²) >= 11 is 0.992. The first-order valence-electron chi connectivity index (χ1n) is 13.7. The number of amides is 1. The predicted octanol–water partition coefficient (Wildman–Crippen LogP) is 2.42. The number of thiazole rings is 1. The molecule has 1 saturated heterocycles. The Bertz CT molecular complexity index is 1770. The number of pyridine rings is 1. The van der Waals surface area contributed by atoms with Crippen LogP contribution in [0.25, 0.3) is 10.8 Å². The number of aromatic nitrogens is 2. The molecule has 5 N–H and O–H groups in total. The number of β-lactam (4-membered cyclic amide) rings is 1. The number of rotatable bonds is 14. The van der Waals surface area contributed by atoms with Crippen LogP contribution in [0.15, 0.2) is 41.0 Å². The minimum Gasteiger partial charge on any atom is -0.489 e. The van der Waals surface area contributed by atoms with E-state index in [0.717, 1.165) is 40.8 Å². The van der Waals surface area contributed by atoms with Gasteiger partial charge in [0, 0.05) is 29.4 Å². The summed E-state index contributed by atoms with van der Waals surface area (Å²) in [4.78, 5) is 51.6. The van der Waals surface area contributed by atoms with E-state index in [1.807, 2.05) is 12.1 Å². The Morgan fingerprint density at radius 1 is 1.29 bits per heavy atom. The molecule has 3 aromatic rings. The number of oxime groups is 1. The van der Waals surface area contributed by atoms with Gasteiger partial charge in [0.2, 0.25) is 0 Å². The van der Waals surface area contributed by atoms with E-state index in [4.69, 9.17) is 19.9 Å². The maximum atomic E-state index is 13.3. The lowest BCUT2D eigenvalue weighted by Crippen LogP contribution is -2.68. The normalized spacial score (nSPS) is 19.0. The molecule has 2 aliphatic rings. The van der Waals surface area contributed by atoms with Gasteiger partial charge in [0.1, 0.15) is 23.9 Å². The lowest BCUT2D eigenvalue weighted by Gasteiger charge is -2.50. The lowest BCUT2D eigenvalue weighted by atomic mass is 9.74. The van der Waals surface area contributed by atoms with Crippen molar-refractivity contribution in [1.29, 1.82) is 0 Å². The van der Waals surface area contributed by atoms with E-state index < -0.39 is 64.4 Å². The first-order valence-corrected chi connectivity index (χ1v) is 16.0. The summed E-state index contributed by atoms with van der Waals surface area (Å²) < 4.78 is 41.2. The molecule has 5 rings (SSSR count). The largest absolute Gasteiger partial charge is 0.489 e. The van der Waals surface area contributed by atoms with Crippen LogP contribution in [0.5, 0.6) is 5.75 Å². The number of carboxylic acids is 1. The number of nitrogens with two attached hydrogens (primary N) is 1.